The number of carboxylic acid groups (broad SMARTS) is 1. The van der Waals surface area contributed by atoms with Crippen LogP contribution in [-0.4, -0.2) is 47.8 Å². The monoisotopic (exact) mass is 271 g/mol. The molecule has 0 aliphatic carbocycles. The number of carboxylic acids is 1. The Bertz CT molecular complexity index is 270. The molecule has 1 saturated heterocycles. The average molecular weight is 271 g/mol. The molecule has 3 unspecified atom stereocenters. The first-order valence-corrected chi connectivity index (χ1v) is 7.68. The molecular weight excluding hydrogens is 242 g/mol. The first kappa shape index (κ1) is 16.4. The van der Waals surface area contributed by atoms with E-state index in [4.69, 9.17) is 4.74 Å². The van der Waals surface area contributed by atoms with Gasteiger partial charge in [0, 0.05) is 12.1 Å². The van der Waals surface area contributed by atoms with Crippen molar-refractivity contribution < 1.29 is 14.6 Å². The molecule has 1 heterocycles. The highest BCUT2D eigenvalue weighted by atomic mass is 16.5. The smallest absolute Gasteiger partial charge is 0.310 e. The third kappa shape index (κ3) is 4.77. The zero-order chi connectivity index (χ0) is 14.3. The second-order valence-electron chi connectivity index (χ2n) is 5.63. The molecule has 4 nitrogen and oxygen atoms in total. The largest absolute Gasteiger partial charge is 0.481 e. The molecule has 1 aliphatic heterocycles. The number of ether oxygens (including phenoxy) is 1. The zero-order valence-corrected chi connectivity index (χ0v) is 12.6. The van der Waals surface area contributed by atoms with E-state index in [9.17, 15) is 9.90 Å². The second kappa shape index (κ2) is 8.54. The summed E-state index contributed by atoms with van der Waals surface area (Å²) < 4.78 is 5.41. The second-order valence-corrected chi connectivity index (χ2v) is 5.63. The van der Waals surface area contributed by atoms with Crippen LogP contribution >= 0.6 is 0 Å². The van der Waals surface area contributed by atoms with Crippen LogP contribution in [0.25, 0.3) is 0 Å². The van der Waals surface area contributed by atoms with Crippen LogP contribution in [0.5, 0.6) is 0 Å². The minimum atomic E-state index is -0.718. The minimum absolute atomic E-state index is 0.0501. The van der Waals surface area contributed by atoms with Gasteiger partial charge in [-0.15, -0.1) is 0 Å². The fourth-order valence-electron chi connectivity index (χ4n) is 2.93. The van der Waals surface area contributed by atoms with E-state index in [0.717, 1.165) is 19.4 Å². The van der Waals surface area contributed by atoms with Gasteiger partial charge in [-0.05, 0) is 26.3 Å². The number of aliphatic carboxylic acids is 1. The summed E-state index contributed by atoms with van der Waals surface area (Å²) >= 11 is 0. The molecule has 112 valence electrons. The van der Waals surface area contributed by atoms with E-state index in [1.54, 1.807) is 0 Å². The van der Waals surface area contributed by atoms with Crippen molar-refractivity contribution in [3.63, 3.8) is 0 Å². The van der Waals surface area contributed by atoms with Crippen molar-refractivity contribution in [1.82, 2.24) is 4.90 Å². The molecule has 0 amide bonds. The maximum atomic E-state index is 11.3. The van der Waals surface area contributed by atoms with E-state index in [2.05, 4.69) is 25.7 Å². The van der Waals surface area contributed by atoms with Crippen LogP contribution in [0.4, 0.5) is 0 Å². The van der Waals surface area contributed by atoms with Gasteiger partial charge in [-0.1, -0.05) is 33.1 Å². The SMILES string of the molecule is CCCCCC(C)N(CCC)C1COCC1C(=O)O. The molecule has 4 heteroatoms. The molecule has 0 saturated carbocycles. The van der Waals surface area contributed by atoms with E-state index in [1.165, 1.54) is 19.3 Å². The Morgan fingerprint density at radius 3 is 2.63 bits per heavy atom. The molecule has 1 fully saturated rings. The number of unbranched alkanes of at least 4 members (excludes halogenated alkanes) is 2. The number of carbonyl (C=O) groups is 1. The average Bonchev–Trinajstić information content (AvgIpc) is 2.85. The Labute approximate surface area is 117 Å². The molecule has 0 radical (unpaired) electrons. The van der Waals surface area contributed by atoms with Crippen LogP contribution in [0.3, 0.4) is 0 Å². The van der Waals surface area contributed by atoms with Crippen molar-refractivity contribution in [2.75, 3.05) is 19.8 Å². The summed E-state index contributed by atoms with van der Waals surface area (Å²) in [5, 5.41) is 9.29. The van der Waals surface area contributed by atoms with Crippen LogP contribution in [0.15, 0.2) is 0 Å². The Balaban J connectivity index is 2.61. The molecule has 3 atom stereocenters. The lowest BCUT2D eigenvalue weighted by molar-refractivity contribution is -0.143. The van der Waals surface area contributed by atoms with Gasteiger partial charge in [0.05, 0.1) is 19.1 Å². The van der Waals surface area contributed by atoms with Crippen molar-refractivity contribution in [3.05, 3.63) is 0 Å². The quantitative estimate of drug-likeness (QED) is 0.655. The van der Waals surface area contributed by atoms with E-state index >= 15 is 0 Å². The van der Waals surface area contributed by atoms with Crippen LogP contribution in [0.2, 0.25) is 0 Å². The molecule has 0 spiro atoms. The molecule has 1 rings (SSSR count). The molecule has 0 bridgehead atoms. The first-order valence-electron chi connectivity index (χ1n) is 7.68. The predicted molar refractivity (Wildman–Crippen MR) is 76.3 cm³/mol. The van der Waals surface area contributed by atoms with Crippen molar-refractivity contribution >= 4 is 5.97 Å². The summed E-state index contributed by atoms with van der Waals surface area (Å²) in [6.07, 6.45) is 5.92. The Morgan fingerprint density at radius 1 is 1.32 bits per heavy atom. The van der Waals surface area contributed by atoms with Crippen LogP contribution in [0, 0.1) is 5.92 Å². The van der Waals surface area contributed by atoms with Gasteiger partial charge in [0.25, 0.3) is 0 Å². The number of nitrogens with zero attached hydrogens (tertiary/aromatic N) is 1. The molecule has 0 aromatic carbocycles. The lowest BCUT2D eigenvalue weighted by Gasteiger charge is -2.35. The van der Waals surface area contributed by atoms with Crippen molar-refractivity contribution in [2.24, 2.45) is 5.92 Å². The van der Waals surface area contributed by atoms with Gasteiger partial charge in [0.2, 0.25) is 0 Å². The zero-order valence-electron chi connectivity index (χ0n) is 12.6. The third-order valence-electron chi connectivity index (χ3n) is 4.07. The highest BCUT2D eigenvalue weighted by molar-refractivity contribution is 5.71. The summed E-state index contributed by atoms with van der Waals surface area (Å²) in [6.45, 7) is 8.47. The van der Waals surface area contributed by atoms with Crippen LogP contribution < -0.4 is 0 Å². The van der Waals surface area contributed by atoms with Crippen LogP contribution in [0.1, 0.15) is 52.9 Å². The Hall–Kier alpha value is -0.610. The number of hydrogen-bond donors (Lipinski definition) is 1. The van der Waals surface area contributed by atoms with Gasteiger partial charge in [-0.3, -0.25) is 9.69 Å². The molecule has 1 aliphatic rings. The lowest BCUT2D eigenvalue weighted by atomic mass is 9.98. The summed E-state index contributed by atoms with van der Waals surface area (Å²) in [7, 11) is 0. The highest BCUT2D eigenvalue weighted by Gasteiger charge is 2.39. The Kier molecular flexibility index (Phi) is 7.39. The van der Waals surface area contributed by atoms with E-state index in [0.29, 0.717) is 19.3 Å². The molecular formula is C15H29NO3. The van der Waals surface area contributed by atoms with Gasteiger partial charge in [0.1, 0.15) is 0 Å². The van der Waals surface area contributed by atoms with E-state index in [-0.39, 0.29) is 12.0 Å². The Morgan fingerprint density at radius 2 is 2.05 bits per heavy atom. The minimum Gasteiger partial charge on any atom is -0.481 e. The van der Waals surface area contributed by atoms with Gasteiger partial charge in [0.15, 0.2) is 0 Å². The maximum absolute atomic E-state index is 11.3. The number of rotatable bonds is 9. The van der Waals surface area contributed by atoms with E-state index in [1.807, 2.05) is 0 Å². The summed E-state index contributed by atoms with van der Waals surface area (Å²) in [5.74, 6) is -1.08. The summed E-state index contributed by atoms with van der Waals surface area (Å²) in [5.41, 5.74) is 0. The normalized spacial score (nSPS) is 24.8. The van der Waals surface area contributed by atoms with Crippen LogP contribution in [-0.2, 0) is 9.53 Å². The van der Waals surface area contributed by atoms with Gasteiger partial charge < -0.3 is 9.84 Å². The summed E-state index contributed by atoms with van der Waals surface area (Å²) in [6, 6.07) is 0.495. The number of hydrogen-bond acceptors (Lipinski definition) is 3. The van der Waals surface area contributed by atoms with Crippen molar-refractivity contribution in [1.29, 1.82) is 0 Å². The maximum Gasteiger partial charge on any atom is 0.310 e. The fourth-order valence-corrected chi connectivity index (χ4v) is 2.93. The highest BCUT2D eigenvalue weighted by Crippen LogP contribution is 2.24. The topological polar surface area (TPSA) is 49.8 Å². The van der Waals surface area contributed by atoms with Gasteiger partial charge in [-0.2, -0.15) is 0 Å². The standard InChI is InChI=1S/C15H29NO3/c1-4-6-7-8-12(3)16(9-5-2)14-11-19-10-13(14)15(17)18/h12-14H,4-11H2,1-3H3,(H,17,18). The van der Waals surface area contributed by atoms with Gasteiger partial charge in [-0.25, -0.2) is 0 Å². The molecule has 0 aromatic rings. The third-order valence-corrected chi connectivity index (χ3v) is 4.07. The summed E-state index contributed by atoms with van der Waals surface area (Å²) in [4.78, 5) is 13.7. The van der Waals surface area contributed by atoms with Crippen molar-refractivity contribution in [3.8, 4) is 0 Å². The van der Waals surface area contributed by atoms with Gasteiger partial charge >= 0.3 is 5.97 Å². The predicted octanol–water partition coefficient (Wildman–Crippen LogP) is 2.77. The van der Waals surface area contributed by atoms with Crippen molar-refractivity contribution in [2.45, 2.75) is 65.0 Å². The fraction of sp³-hybridized carbons (Fsp3) is 0.933. The van der Waals surface area contributed by atoms with E-state index < -0.39 is 5.97 Å². The first-order chi connectivity index (χ1) is 9.11. The molecule has 0 aromatic heterocycles. The molecule has 1 N–H and O–H groups in total. The lowest BCUT2D eigenvalue weighted by Crippen LogP contribution is -2.48. The molecule has 19 heavy (non-hydrogen) atoms.